The third kappa shape index (κ3) is 2.71. The number of halogens is 2. The quantitative estimate of drug-likeness (QED) is 0.604. The highest BCUT2D eigenvalue weighted by Gasteiger charge is 2.18. The van der Waals surface area contributed by atoms with Crippen LogP contribution in [0.2, 0.25) is 10.0 Å². The summed E-state index contributed by atoms with van der Waals surface area (Å²) in [6.07, 6.45) is 0. The second-order valence-electron chi connectivity index (χ2n) is 5.43. The van der Waals surface area contributed by atoms with E-state index in [1.807, 2.05) is 42.5 Å². The van der Waals surface area contributed by atoms with Crippen molar-refractivity contribution < 1.29 is 0 Å². The lowest BCUT2D eigenvalue weighted by Gasteiger charge is -2.21. The second-order valence-corrected chi connectivity index (χ2v) is 6.25. The smallest absolute Gasteiger partial charge is 0.0502 e. The van der Waals surface area contributed by atoms with Gasteiger partial charge in [0.15, 0.2) is 0 Å². The van der Waals surface area contributed by atoms with Crippen LogP contribution in [0, 0.1) is 0 Å². The van der Waals surface area contributed by atoms with Crippen molar-refractivity contribution in [3.63, 3.8) is 0 Å². The minimum Gasteiger partial charge on any atom is -0.0836 e. The molecule has 0 saturated heterocycles. The molecule has 2 heteroatoms. The van der Waals surface area contributed by atoms with Crippen LogP contribution in [0.4, 0.5) is 0 Å². The molecule has 0 aliphatic carbocycles. The van der Waals surface area contributed by atoms with Crippen LogP contribution in [-0.2, 0) is 5.41 Å². The summed E-state index contributed by atoms with van der Waals surface area (Å²) in [7, 11) is 0. The average molecular weight is 279 g/mol. The highest BCUT2D eigenvalue weighted by atomic mass is 35.5. The first kappa shape index (κ1) is 13.5. The Kier molecular flexibility index (Phi) is 3.70. The molecule has 0 amide bonds. The SMILES string of the molecule is CC(C)(C)c1cc(Cl)c(-c2ccccc2)c(Cl)c1. The van der Waals surface area contributed by atoms with E-state index >= 15 is 0 Å². The number of hydrogen-bond acceptors (Lipinski definition) is 0. The van der Waals surface area contributed by atoms with E-state index in [-0.39, 0.29) is 5.41 Å². The Morgan fingerprint density at radius 1 is 0.833 bits per heavy atom. The van der Waals surface area contributed by atoms with Crippen molar-refractivity contribution in [1.29, 1.82) is 0 Å². The van der Waals surface area contributed by atoms with Crippen LogP contribution in [0.25, 0.3) is 11.1 Å². The van der Waals surface area contributed by atoms with Gasteiger partial charge in [-0.15, -0.1) is 0 Å². The first-order valence-corrected chi connectivity index (χ1v) is 6.70. The van der Waals surface area contributed by atoms with Crippen LogP contribution >= 0.6 is 23.2 Å². The molecule has 0 unspecified atom stereocenters. The van der Waals surface area contributed by atoms with E-state index in [1.54, 1.807) is 0 Å². The second kappa shape index (κ2) is 4.95. The maximum Gasteiger partial charge on any atom is 0.0502 e. The predicted octanol–water partition coefficient (Wildman–Crippen LogP) is 5.96. The third-order valence-corrected chi connectivity index (χ3v) is 3.57. The molecule has 0 aliphatic rings. The van der Waals surface area contributed by atoms with Gasteiger partial charge in [-0.05, 0) is 28.7 Å². The molecule has 2 rings (SSSR count). The van der Waals surface area contributed by atoms with Crippen LogP contribution in [0.15, 0.2) is 42.5 Å². The summed E-state index contributed by atoms with van der Waals surface area (Å²) >= 11 is 12.8. The molecule has 0 nitrogen and oxygen atoms in total. The lowest BCUT2D eigenvalue weighted by atomic mass is 9.86. The molecular weight excluding hydrogens is 263 g/mol. The van der Waals surface area contributed by atoms with Crippen LogP contribution in [0.1, 0.15) is 26.3 Å². The van der Waals surface area contributed by atoms with Gasteiger partial charge in [-0.2, -0.15) is 0 Å². The largest absolute Gasteiger partial charge is 0.0836 e. The van der Waals surface area contributed by atoms with Gasteiger partial charge in [0.2, 0.25) is 0 Å². The molecule has 0 fully saturated rings. The Morgan fingerprint density at radius 3 is 1.78 bits per heavy atom. The van der Waals surface area contributed by atoms with E-state index in [2.05, 4.69) is 20.8 Å². The van der Waals surface area contributed by atoms with Crippen molar-refractivity contribution in [2.24, 2.45) is 0 Å². The molecule has 0 atom stereocenters. The van der Waals surface area contributed by atoms with E-state index in [0.717, 1.165) is 16.7 Å². The van der Waals surface area contributed by atoms with Crippen molar-refractivity contribution in [1.82, 2.24) is 0 Å². The highest BCUT2D eigenvalue weighted by molar-refractivity contribution is 6.39. The van der Waals surface area contributed by atoms with Gasteiger partial charge in [0.05, 0.1) is 10.0 Å². The molecule has 0 N–H and O–H groups in total. The molecule has 0 bridgehead atoms. The molecule has 0 radical (unpaired) electrons. The third-order valence-electron chi connectivity index (χ3n) is 2.97. The summed E-state index contributed by atoms with van der Waals surface area (Å²) in [4.78, 5) is 0. The van der Waals surface area contributed by atoms with E-state index in [4.69, 9.17) is 23.2 Å². The first-order valence-electron chi connectivity index (χ1n) is 5.94. The Labute approximate surface area is 119 Å². The van der Waals surface area contributed by atoms with E-state index < -0.39 is 0 Å². The first-order chi connectivity index (χ1) is 8.39. The lowest BCUT2D eigenvalue weighted by Crippen LogP contribution is -2.11. The zero-order chi connectivity index (χ0) is 13.3. The molecule has 18 heavy (non-hydrogen) atoms. The summed E-state index contributed by atoms with van der Waals surface area (Å²) in [5.74, 6) is 0. The van der Waals surface area contributed by atoms with Crippen LogP contribution in [0.3, 0.4) is 0 Å². The Morgan fingerprint density at radius 2 is 1.33 bits per heavy atom. The fourth-order valence-electron chi connectivity index (χ4n) is 1.89. The van der Waals surface area contributed by atoms with Crippen LogP contribution in [0.5, 0.6) is 0 Å². The van der Waals surface area contributed by atoms with Gasteiger partial charge in [0.25, 0.3) is 0 Å². The summed E-state index contributed by atoms with van der Waals surface area (Å²) in [5, 5.41) is 1.41. The van der Waals surface area contributed by atoms with Gasteiger partial charge >= 0.3 is 0 Å². The molecule has 2 aromatic carbocycles. The van der Waals surface area contributed by atoms with Gasteiger partial charge in [0, 0.05) is 5.56 Å². The zero-order valence-electron chi connectivity index (χ0n) is 10.8. The van der Waals surface area contributed by atoms with Gasteiger partial charge < -0.3 is 0 Å². The zero-order valence-corrected chi connectivity index (χ0v) is 12.3. The molecule has 2 aromatic rings. The Hall–Kier alpha value is -0.980. The number of rotatable bonds is 1. The molecule has 0 saturated carbocycles. The fraction of sp³-hybridized carbons (Fsp3) is 0.250. The predicted molar refractivity (Wildman–Crippen MR) is 80.6 cm³/mol. The van der Waals surface area contributed by atoms with Gasteiger partial charge in [0.1, 0.15) is 0 Å². The lowest BCUT2D eigenvalue weighted by molar-refractivity contribution is 0.590. The number of benzene rings is 2. The molecule has 0 heterocycles. The van der Waals surface area contributed by atoms with E-state index in [0.29, 0.717) is 10.0 Å². The monoisotopic (exact) mass is 278 g/mol. The summed E-state index contributed by atoms with van der Waals surface area (Å²) in [6, 6.07) is 14.0. The Bertz CT molecular complexity index is 528. The van der Waals surface area contributed by atoms with Crippen LogP contribution in [-0.4, -0.2) is 0 Å². The van der Waals surface area contributed by atoms with Crippen molar-refractivity contribution in [3.8, 4) is 11.1 Å². The van der Waals surface area contributed by atoms with Crippen LogP contribution < -0.4 is 0 Å². The van der Waals surface area contributed by atoms with Gasteiger partial charge in [-0.3, -0.25) is 0 Å². The topological polar surface area (TPSA) is 0 Å². The highest BCUT2D eigenvalue weighted by Crippen LogP contribution is 2.38. The summed E-state index contributed by atoms with van der Waals surface area (Å²) < 4.78 is 0. The van der Waals surface area contributed by atoms with E-state index in [9.17, 15) is 0 Å². The summed E-state index contributed by atoms with van der Waals surface area (Å²) in [6.45, 7) is 6.45. The molecule has 0 aromatic heterocycles. The summed E-state index contributed by atoms with van der Waals surface area (Å²) in [5.41, 5.74) is 3.15. The van der Waals surface area contributed by atoms with Crippen molar-refractivity contribution in [3.05, 3.63) is 58.1 Å². The average Bonchev–Trinajstić information content (AvgIpc) is 2.28. The molecular formula is C16H16Cl2. The van der Waals surface area contributed by atoms with Crippen molar-refractivity contribution in [2.75, 3.05) is 0 Å². The molecule has 0 spiro atoms. The molecule has 0 aliphatic heterocycles. The normalized spacial score (nSPS) is 11.6. The standard InChI is InChI=1S/C16H16Cl2/c1-16(2,3)12-9-13(17)15(14(18)10-12)11-7-5-4-6-8-11/h4-10H,1-3H3. The minimum absolute atomic E-state index is 0.0441. The maximum atomic E-state index is 6.39. The van der Waals surface area contributed by atoms with Crippen molar-refractivity contribution in [2.45, 2.75) is 26.2 Å². The van der Waals surface area contributed by atoms with Crippen molar-refractivity contribution >= 4 is 23.2 Å². The fourth-order valence-corrected chi connectivity index (χ4v) is 2.59. The maximum absolute atomic E-state index is 6.39. The van der Waals surface area contributed by atoms with E-state index in [1.165, 1.54) is 0 Å². The van der Waals surface area contributed by atoms with Gasteiger partial charge in [-0.25, -0.2) is 0 Å². The van der Waals surface area contributed by atoms with Gasteiger partial charge in [-0.1, -0.05) is 74.3 Å². The number of hydrogen-bond donors (Lipinski definition) is 0. The Balaban J connectivity index is 2.59. The minimum atomic E-state index is 0.0441. The molecule has 94 valence electrons.